The van der Waals surface area contributed by atoms with Crippen LogP contribution >= 0.6 is 11.9 Å². The van der Waals surface area contributed by atoms with Gasteiger partial charge in [-0.05, 0) is 67.9 Å². The van der Waals surface area contributed by atoms with Gasteiger partial charge >= 0.3 is 0 Å². The first-order chi connectivity index (χ1) is 10.6. The lowest BCUT2D eigenvalue weighted by Crippen LogP contribution is -2.40. The lowest BCUT2D eigenvalue weighted by atomic mass is 10.0. The molecule has 1 aromatic carbocycles. The smallest absolute Gasteiger partial charge is 0.0272 e. The van der Waals surface area contributed by atoms with Crippen molar-refractivity contribution in [1.29, 1.82) is 0 Å². The van der Waals surface area contributed by atoms with Crippen LogP contribution in [0.15, 0.2) is 29.2 Å². The molecule has 0 bridgehead atoms. The second-order valence-electron chi connectivity index (χ2n) is 6.60. The van der Waals surface area contributed by atoms with Crippen LogP contribution in [0.1, 0.15) is 36.9 Å². The van der Waals surface area contributed by atoms with E-state index in [1.54, 1.807) is 0 Å². The Morgan fingerprint density at radius 3 is 2.59 bits per heavy atom. The molecule has 0 amide bonds. The van der Waals surface area contributed by atoms with Crippen molar-refractivity contribution in [3.05, 3.63) is 35.4 Å². The van der Waals surface area contributed by atoms with Crippen molar-refractivity contribution < 1.29 is 0 Å². The Kier molecular flexibility index (Phi) is 5.24. The van der Waals surface area contributed by atoms with Crippen molar-refractivity contribution in [3.63, 3.8) is 0 Å². The van der Waals surface area contributed by atoms with Gasteiger partial charge in [0, 0.05) is 37.1 Å². The summed E-state index contributed by atoms with van der Waals surface area (Å²) in [5, 5.41) is 0. The fourth-order valence-corrected chi connectivity index (χ4v) is 3.68. The molecule has 0 spiro atoms. The van der Waals surface area contributed by atoms with E-state index in [1.807, 2.05) is 11.9 Å². The third kappa shape index (κ3) is 4.35. The van der Waals surface area contributed by atoms with Gasteiger partial charge in [0.2, 0.25) is 0 Å². The van der Waals surface area contributed by atoms with E-state index >= 15 is 0 Å². The van der Waals surface area contributed by atoms with E-state index in [9.17, 15) is 0 Å². The lowest BCUT2D eigenvalue weighted by molar-refractivity contribution is 0.233. The molecule has 22 heavy (non-hydrogen) atoms. The molecular weight excluding hydrogens is 290 g/mol. The number of hydrogen-bond donors (Lipinski definition) is 1. The van der Waals surface area contributed by atoms with E-state index in [0.717, 1.165) is 32.1 Å². The summed E-state index contributed by atoms with van der Waals surface area (Å²) in [4.78, 5) is 3.71. The average molecular weight is 318 g/mol. The number of allylic oxidation sites excluding steroid dienone is 1. The number of piperazine rings is 1. The zero-order chi connectivity index (χ0) is 15.5. The quantitative estimate of drug-likeness (QED) is 0.844. The van der Waals surface area contributed by atoms with Crippen molar-refractivity contribution in [2.24, 2.45) is 11.7 Å². The van der Waals surface area contributed by atoms with E-state index < -0.39 is 0 Å². The van der Waals surface area contributed by atoms with E-state index in [1.165, 1.54) is 28.9 Å². The molecule has 1 atom stereocenters. The molecule has 1 saturated carbocycles. The first kappa shape index (κ1) is 16.1. The van der Waals surface area contributed by atoms with Crippen LogP contribution in [0.3, 0.4) is 0 Å². The summed E-state index contributed by atoms with van der Waals surface area (Å²) < 4.78 is 2.47. The molecule has 4 heteroatoms. The maximum Gasteiger partial charge on any atom is 0.0272 e. The molecule has 1 aromatic rings. The third-order valence-corrected chi connectivity index (χ3v) is 5.50. The molecule has 2 N–H and O–H groups in total. The Morgan fingerprint density at radius 1 is 1.23 bits per heavy atom. The van der Waals surface area contributed by atoms with Gasteiger partial charge in [-0.3, -0.25) is 0 Å². The summed E-state index contributed by atoms with van der Waals surface area (Å²) in [5.74, 6) is 0.801. The molecule has 1 aliphatic carbocycles. The van der Waals surface area contributed by atoms with Crippen molar-refractivity contribution in [1.82, 2.24) is 9.21 Å². The molecule has 1 saturated heterocycles. The predicted octanol–water partition coefficient (Wildman–Crippen LogP) is 3.38. The minimum atomic E-state index is 0.0848. The van der Waals surface area contributed by atoms with Gasteiger partial charge in [-0.2, -0.15) is 0 Å². The van der Waals surface area contributed by atoms with Crippen LogP contribution in [0.5, 0.6) is 0 Å². The highest BCUT2D eigenvalue weighted by Gasteiger charge is 2.18. The van der Waals surface area contributed by atoms with E-state index in [2.05, 4.69) is 53.5 Å². The molecule has 1 aliphatic heterocycles. The van der Waals surface area contributed by atoms with Crippen molar-refractivity contribution in [2.45, 2.75) is 30.7 Å². The molecule has 0 aromatic heterocycles. The minimum Gasteiger partial charge on any atom is -0.324 e. The summed E-state index contributed by atoms with van der Waals surface area (Å²) in [5.41, 5.74) is 8.67. The summed E-state index contributed by atoms with van der Waals surface area (Å²) in [7, 11) is 2.19. The van der Waals surface area contributed by atoms with Gasteiger partial charge in [0.15, 0.2) is 0 Å². The van der Waals surface area contributed by atoms with Crippen LogP contribution in [0.25, 0.3) is 6.08 Å². The average Bonchev–Trinajstić information content (AvgIpc) is 3.32. The SMILES string of the molecule is CC(N)c1ccc(SN2CCN(C)CC2)cc1/C=C/C1CC1. The number of nitrogens with two attached hydrogens (primary N) is 1. The highest BCUT2D eigenvalue weighted by Crippen LogP contribution is 2.33. The molecule has 2 aliphatic rings. The fourth-order valence-electron chi connectivity index (χ4n) is 2.73. The zero-order valence-corrected chi connectivity index (χ0v) is 14.5. The largest absolute Gasteiger partial charge is 0.324 e. The van der Waals surface area contributed by atoms with Crippen LogP contribution in [0, 0.1) is 5.92 Å². The summed E-state index contributed by atoms with van der Waals surface area (Å²) in [6.07, 6.45) is 7.33. The number of rotatable bonds is 5. The van der Waals surface area contributed by atoms with Crippen LogP contribution in [-0.2, 0) is 0 Å². The van der Waals surface area contributed by atoms with Crippen LogP contribution in [0.2, 0.25) is 0 Å². The maximum atomic E-state index is 6.13. The summed E-state index contributed by atoms with van der Waals surface area (Å²) in [6.45, 7) is 6.63. The first-order valence-corrected chi connectivity index (χ1v) is 9.08. The molecule has 120 valence electrons. The van der Waals surface area contributed by atoms with E-state index in [-0.39, 0.29) is 6.04 Å². The third-order valence-electron chi connectivity index (χ3n) is 4.42. The number of likely N-dealkylation sites (N-methyl/N-ethyl adjacent to an activating group) is 1. The Bertz CT molecular complexity index is 529. The second kappa shape index (κ2) is 7.18. The van der Waals surface area contributed by atoms with E-state index in [0.29, 0.717) is 0 Å². The molecule has 0 radical (unpaired) electrons. The van der Waals surface area contributed by atoms with Gasteiger partial charge < -0.3 is 10.6 Å². The zero-order valence-electron chi connectivity index (χ0n) is 13.7. The standard InChI is InChI=1S/C18H27N3S/c1-14(19)18-8-7-17(13-16(18)6-5-15-3-4-15)22-21-11-9-20(2)10-12-21/h5-8,13-15H,3-4,9-12,19H2,1-2H3/b6-5+. The monoisotopic (exact) mass is 317 g/mol. The van der Waals surface area contributed by atoms with Crippen LogP contribution in [-0.4, -0.2) is 42.4 Å². The Hall–Kier alpha value is -0.810. The number of hydrogen-bond acceptors (Lipinski definition) is 4. The van der Waals surface area contributed by atoms with Gasteiger partial charge in [-0.15, -0.1) is 0 Å². The normalized spacial score (nSPS) is 22.3. The van der Waals surface area contributed by atoms with Crippen LogP contribution in [0.4, 0.5) is 0 Å². The van der Waals surface area contributed by atoms with Crippen molar-refractivity contribution in [3.8, 4) is 0 Å². The van der Waals surface area contributed by atoms with Gasteiger partial charge in [-0.25, -0.2) is 4.31 Å². The Balaban J connectivity index is 1.72. The molecule has 3 rings (SSSR count). The molecule has 3 nitrogen and oxygen atoms in total. The van der Waals surface area contributed by atoms with Gasteiger partial charge in [0.25, 0.3) is 0 Å². The van der Waals surface area contributed by atoms with Crippen molar-refractivity contribution >= 4 is 18.0 Å². The number of benzene rings is 1. The molecule has 1 unspecified atom stereocenters. The second-order valence-corrected chi connectivity index (χ2v) is 7.77. The van der Waals surface area contributed by atoms with Crippen molar-refractivity contribution in [2.75, 3.05) is 33.2 Å². The maximum absolute atomic E-state index is 6.13. The molecular formula is C18H27N3S. The molecule has 1 heterocycles. The minimum absolute atomic E-state index is 0.0848. The first-order valence-electron chi connectivity index (χ1n) is 8.31. The Labute approximate surface area is 138 Å². The predicted molar refractivity (Wildman–Crippen MR) is 95.7 cm³/mol. The molecule has 2 fully saturated rings. The van der Waals surface area contributed by atoms with Gasteiger partial charge in [0.05, 0.1) is 0 Å². The van der Waals surface area contributed by atoms with E-state index in [4.69, 9.17) is 5.73 Å². The fraction of sp³-hybridized carbons (Fsp3) is 0.556. The van der Waals surface area contributed by atoms with Crippen LogP contribution < -0.4 is 5.73 Å². The highest BCUT2D eigenvalue weighted by molar-refractivity contribution is 7.97. The summed E-state index contributed by atoms with van der Waals surface area (Å²) in [6, 6.07) is 6.81. The van der Waals surface area contributed by atoms with Gasteiger partial charge in [0.1, 0.15) is 0 Å². The topological polar surface area (TPSA) is 32.5 Å². The summed E-state index contributed by atoms with van der Waals surface area (Å²) >= 11 is 1.88. The van der Waals surface area contributed by atoms with Gasteiger partial charge in [-0.1, -0.05) is 18.2 Å². The lowest BCUT2D eigenvalue weighted by Gasteiger charge is -2.31. The highest BCUT2D eigenvalue weighted by atomic mass is 32.2. The Morgan fingerprint density at radius 2 is 1.95 bits per heavy atom. The number of nitrogens with zero attached hydrogens (tertiary/aromatic N) is 2.